The van der Waals surface area contributed by atoms with Crippen molar-refractivity contribution in [3.63, 3.8) is 0 Å². The molecule has 3 aromatic rings. The van der Waals surface area contributed by atoms with Crippen LogP contribution in [0.25, 0.3) is 0 Å². The molecule has 1 atom stereocenters. The van der Waals surface area contributed by atoms with Crippen LogP contribution in [0.2, 0.25) is 0 Å². The minimum absolute atomic E-state index is 0.0334. The number of para-hydroxylation sites is 1. The quantitative estimate of drug-likeness (QED) is 0.589. The number of sulfonamides is 1. The van der Waals surface area contributed by atoms with Crippen LogP contribution in [0.5, 0.6) is 11.5 Å². The highest BCUT2D eigenvalue weighted by atomic mass is 32.2. The van der Waals surface area contributed by atoms with Gasteiger partial charge >= 0.3 is 5.97 Å². The normalized spacial score (nSPS) is 12.3. The Hall–Kier alpha value is -3.16. The summed E-state index contributed by atoms with van der Waals surface area (Å²) in [5.41, 5.74) is 1.68. The molecule has 0 amide bonds. The van der Waals surface area contributed by atoms with Crippen LogP contribution in [0.15, 0.2) is 83.8 Å². The number of hydrogen-bond donors (Lipinski definition) is 2. The molecular weight excluding hydrogens is 390 g/mol. The third-order valence-electron chi connectivity index (χ3n) is 4.33. The van der Waals surface area contributed by atoms with Gasteiger partial charge in [0.15, 0.2) is 0 Å². The summed E-state index contributed by atoms with van der Waals surface area (Å²) in [5.74, 6) is -0.0794. The van der Waals surface area contributed by atoms with E-state index >= 15 is 0 Å². The number of nitrogens with one attached hydrogen (secondary N) is 1. The number of aliphatic carboxylic acids is 1. The van der Waals surface area contributed by atoms with Gasteiger partial charge in [-0.1, -0.05) is 48.5 Å². The van der Waals surface area contributed by atoms with Crippen LogP contribution >= 0.6 is 0 Å². The molecule has 3 rings (SSSR count). The maximum atomic E-state index is 12.6. The van der Waals surface area contributed by atoms with Crippen LogP contribution in [0.4, 0.5) is 0 Å². The molecule has 2 N–H and O–H groups in total. The van der Waals surface area contributed by atoms with E-state index in [9.17, 15) is 18.3 Å². The predicted molar refractivity (Wildman–Crippen MR) is 110 cm³/mol. The number of carboxylic acid groups (broad SMARTS) is 1. The van der Waals surface area contributed by atoms with Crippen molar-refractivity contribution >= 4 is 16.0 Å². The van der Waals surface area contributed by atoms with Crippen molar-refractivity contribution in [2.75, 3.05) is 0 Å². The van der Waals surface area contributed by atoms with Gasteiger partial charge in [0.1, 0.15) is 17.5 Å². The number of benzene rings is 3. The summed E-state index contributed by atoms with van der Waals surface area (Å²) in [6, 6.07) is 20.9. The van der Waals surface area contributed by atoms with Crippen LogP contribution in [0, 0.1) is 6.92 Å². The van der Waals surface area contributed by atoms with E-state index in [4.69, 9.17) is 4.74 Å². The molecule has 0 heterocycles. The predicted octanol–water partition coefficient (Wildman–Crippen LogP) is 3.76. The van der Waals surface area contributed by atoms with E-state index in [1.807, 2.05) is 37.3 Å². The number of rotatable bonds is 8. The molecule has 0 fully saturated rings. The third kappa shape index (κ3) is 5.43. The summed E-state index contributed by atoms with van der Waals surface area (Å²) in [4.78, 5) is 11.5. The average Bonchev–Trinajstić information content (AvgIpc) is 2.70. The molecule has 6 nitrogen and oxygen atoms in total. The molecule has 0 bridgehead atoms. The maximum Gasteiger partial charge on any atom is 0.322 e. The van der Waals surface area contributed by atoms with E-state index in [2.05, 4.69) is 4.72 Å². The lowest BCUT2D eigenvalue weighted by molar-refractivity contribution is -0.138. The van der Waals surface area contributed by atoms with Gasteiger partial charge in [0.2, 0.25) is 10.0 Å². The summed E-state index contributed by atoms with van der Waals surface area (Å²) < 4.78 is 33.3. The molecule has 0 aliphatic heterocycles. The molecule has 0 aromatic heterocycles. The van der Waals surface area contributed by atoms with Crippen molar-refractivity contribution in [3.8, 4) is 11.5 Å². The summed E-state index contributed by atoms with van der Waals surface area (Å²) >= 11 is 0. The van der Waals surface area contributed by atoms with Gasteiger partial charge in [0.25, 0.3) is 0 Å². The summed E-state index contributed by atoms with van der Waals surface area (Å²) in [6.45, 7) is 1.91. The second-order valence-electron chi connectivity index (χ2n) is 6.54. The molecule has 150 valence electrons. The highest BCUT2D eigenvalue weighted by molar-refractivity contribution is 7.89. The van der Waals surface area contributed by atoms with Crippen LogP contribution in [0.1, 0.15) is 11.1 Å². The Morgan fingerprint density at radius 3 is 2.21 bits per heavy atom. The Bertz CT molecular complexity index is 1080. The number of hydrogen-bond acceptors (Lipinski definition) is 4. The first kappa shape index (κ1) is 20.6. The molecule has 0 aliphatic carbocycles. The van der Waals surface area contributed by atoms with Gasteiger partial charge in [0.05, 0.1) is 4.90 Å². The fraction of sp³-hybridized carbons (Fsp3) is 0.136. The first-order valence-electron chi connectivity index (χ1n) is 8.98. The molecule has 0 aliphatic rings. The lowest BCUT2D eigenvalue weighted by Crippen LogP contribution is -2.42. The Balaban J connectivity index is 1.74. The van der Waals surface area contributed by atoms with Gasteiger partial charge in [-0.2, -0.15) is 4.72 Å². The number of carbonyl (C=O) groups is 1. The first-order chi connectivity index (χ1) is 13.8. The Labute approximate surface area is 169 Å². The molecule has 3 aromatic carbocycles. The van der Waals surface area contributed by atoms with Crippen molar-refractivity contribution < 1.29 is 23.1 Å². The van der Waals surface area contributed by atoms with Crippen LogP contribution < -0.4 is 9.46 Å². The van der Waals surface area contributed by atoms with Crippen molar-refractivity contribution in [2.24, 2.45) is 0 Å². The van der Waals surface area contributed by atoms with Crippen LogP contribution in [-0.2, 0) is 21.2 Å². The monoisotopic (exact) mass is 411 g/mol. The van der Waals surface area contributed by atoms with E-state index in [0.717, 1.165) is 11.1 Å². The van der Waals surface area contributed by atoms with Gasteiger partial charge in [0, 0.05) is 0 Å². The van der Waals surface area contributed by atoms with Gasteiger partial charge in [-0.25, -0.2) is 8.42 Å². The minimum atomic E-state index is -4.01. The Morgan fingerprint density at radius 1 is 0.966 bits per heavy atom. The van der Waals surface area contributed by atoms with E-state index in [-0.39, 0.29) is 11.3 Å². The van der Waals surface area contributed by atoms with Gasteiger partial charge in [-0.3, -0.25) is 4.79 Å². The molecule has 0 unspecified atom stereocenters. The minimum Gasteiger partial charge on any atom is -0.480 e. The Kier molecular flexibility index (Phi) is 6.31. The molecule has 0 saturated heterocycles. The smallest absolute Gasteiger partial charge is 0.322 e. The SMILES string of the molecule is Cc1ccccc1Oc1ccc(S(=O)(=O)N[C@@H](Cc2ccccc2)C(=O)O)cc1. The van der Waals surface area contributed by atoms with Crippen molar-refractivity contribution in [1.82, 2.24) is 4.72 Å². The summed E-state index contributed by atoms with van der Waals surface area (Å²) in [6.07, 6.45) is 0.0455. The van der Waals surface area contributed by atoms with E-state index in [0.29, 0.717) is 11.5 Å². The van der Waals surface area contributed by atoms with Crippen LogP contribution in [0.3, 0.4) is 0 Å². The number of ether oxygens (including phenoxy) is 1. The average molecular weight is 411 g/mol. The molecule has 0 saturated carbocycles. The van der Waals surface area contributed by atoms with Gasteiger partial charge < -0.3 is 9.84 Å². The molecular formula is C22H21NO5S. The fourth-order valence-corrected chi connectivity index (χ4v) is 3.96. The summed E-state index contributed by atoms with van der Waals surface area (Å²) in [5, 5.41) is 9.43. The maximum absolute atomic E-state index is 12.6. The first-order valence-corrected chi connectivity index (χ1v) is 10.5. The second-order valence-corrected chi connectivity index (χ2v) is 8.25. The van der Waals surface area contributed by atoms with Crippen molar-refractivity contribution in [2.45, 2.75) is 24.3 Å². The zero-order valence-corrected chi connectivity index (χ0v) is 16.6. The molecule has 29 heavy (non-hydrogen) atoms. The standard InChI is InChI=1S/C22H21NO5S/c1-16-7-5-6-10-21(16)28-18-11-13-19(14-12-18)29(26,27)23-20(22(24)25)15-17-8-3-2-4-9-17/h2-14,20,23H,15H2,1H3,(H,24,25)/t20-/m0/s1. The van der Waals surface area contributed by atoms with E-state index in [1.54, 1.807) is 24.3 Å². The largest absolute Gasteiger partial charge is 0.480 e. The zero-order valence-electron chi connectivity index (χ0n) is 15.8. The fourth-order valence-electron chi connectivity index (χ4n) is 2.77. The highest BCUT2D eigenvalue weighted by Gasteiger charge is 2.25. The number of carboxylic acids is 1. The molecule has 0 spiro atoms. The summed E-state index contributed by atoms with van der Waals surface area (Å²) in [7, 11) is -4.01. The molecule has 0 radical (unpaired) electrons. The van der Waals surface area contributed by atoms with E-state index < -0.39 is 22.0 Å². The molecule has 7 heteroatoms. The van der Waals surface area contributed by atoms with Gasteiger partial charge in [-0.05, 0) is 54.8 Å². The van der Waals surface area contributed by atoms with E-state index in [1.165, 1.54) is 24.3 Å². The van der Waals surface area contributed by atoms with Crippen molar-refractivity contribution in [3.05, 3.63) is 90.0 Å². The third-order valence-corrected chi connectivity index (χ3v) is 5.82. The second kappa shape index (κ2) is 8.89. The lowest BCUT2D eigenvalue weighted by atomic mass is 10.1. The highest BCUT2D eigenvalue weighted by Crippen LogP contribution is 2.25. The topological polar surface area (TPSA) is 92.7 Å². The Morgan fingerprint density at radius 2 is 1.59 bits per heavy atom. The van der Waals surface area contributed by atoms with Crippen LogP contribution in [-0.4, -0.2) is 25.5 Å². The number of aryl methyl sites for hydroxylation is 1. The van der Waals surface area contributed by atoms with Crippen molar-refractivity contribution in [1.29, 1.82) is 0 Å². The van der Waals surface area contributed by atoms with Gasteiger partial charge in [-0.15, -0.1) is 0 Å². The lowest BCUT2D eigenvalue weighted by Gasteiger charge is -2.15. The zero-order chi connectivity index (χ0) is 20.9.